The highest BCUT2D eigenvalue weighted by Crippen LogP contribution is 2.18. The van der Waals surface area contributed by atoms with Crippen molar-refractivity contribution in [1.82, 2.24) is 5.32 Å². The summed E-state index contributed by atoms with van der Waals surface area (Å²) in [6, 6.07) is -0.320. The van der Waals surface area contributed by atoms with E-state index in [-0.39, 0.29) is 23.0 Å². The van der Waals surface area contributed by atoms with E-state index in [0.717, 1.165) is 12.2 Å². The summed E-state index contributed by atoms with van der Waals surface area (Å²) in [6.07, 6.45) is 14.9. The van der Waals surface area contributed by atoms with Crippen molar-refractivity contribution in [2.45, 2.75) is 130 Å². The average molecular weight is 402 g/mol. The molecule has 0 aromatic rings. The maximum atomic E-state index is 12.3. The highest BCUT2D eigenvalue weighted by Gasteiger charge is 2.21. The number of carbonyl (C=O) groups excluding carboxylic acids is 2. The van der Waals surface area contributed by atoms with Crippen LogP contribution < -0.4 is 5.32 Å². The molecule has 0 saturated heterocycles. The summed E-state index contributed by atoms with van der Waals surface area (Å²) in [7, 11) is 0. The molecule has 27 heavy (non-hydrogen) atoms. The third-order valence-electron chi connectivity index (χ3n) is 4.70. The van der Waals surface area contributed by atoms with Crippen molar-refractivity contribution in [3.05, 3.63) is 0 Å². The molecule has 0 saturated carbocycles. The number of thioether (sulfide) groups is 1. The highest BCUT2D eigenvalue weighted by atomic mass is 32.2. The lowest BCUT2D eigenvalue weighted by Gasteiger charge is -2.19. The Kier molecular flexibility index (Phi) is 23.2. The van der Waals surface area contributed by atoms with Gasteiger partial charge in [-0.25, -0.2) is 0 Å². The van der Waals surface area contributed by atoms with Crippen molar-refractivity contribution in [3.63, 3.8) is 0 Å². The zero-order chi connectivity index (χ0) is 20.9. The summed E-state index contributed by atoms with van der Waals surface area (Å²) in [4.78, 5) is 23.7. The molecule has 0 heterocycles. The van der Waals surface area contributed by atoms with Crippen LogP contribution in [-0.4, -0.2) is 28.7 Å². The second kappa shape index (κ2) is 21.8. The number of ketones is 1. The van der Waals surface area contributed by atoms with Crippen molar-refractivity contribution in [3.8, 4) is 0 Å². The van der Waals surface area contributed by atoms with Crippen molar-refractivity contribution in [2.24, 2.45) is 0 Å². The number of hydrogen-bond acceptors (Lipinski definition) is 3. The standard InChI is InChI=1S/C21H41NO2S.C2H6/c1-5-8-9-10-11-12-13-14-15-16-17-25-20(7-3)21(24)22-19(6-2)18(4)23;1-2/h19-20H,5-17H2,1-4H3,(H,22,24);1-2H3. The Morgan fingerprint density at radius 1 is 0.778 bits per heavy atom. The predicted octanol–water partition coefficient (Wildman–Crippen LogP) is 6.93. The van der Waals surface area contributed by atoms with Gasteiger partial charge in [0.05, 0.1) is 11.3 Å². The van der Waals surface area contributed by atoms with Gasteiger partial charge in [-0.3, -0.25) is 9.59 Å². The van der Waals surface area contributed by atoms with E-state index in [1.165, 1.54) is 64.2 Å². The van der Waals surface area contributed by atoms with Crippen LogP contribution in [0.2, 0.25) is 0 Å². The monoisotopic (exact) mass is 401 g/mol. The van der Waals surface area contributed by atoms with E-state index < -0.39 is 0 Å². The Morgan fingerprint density at radius 3 is 1.67 bits per heavy atom. The number of carbonyl (C=O) groups is 2. The fourth-order valence-electron chi connectivity index (χ4n) is 2.95. The molecule has 0 aliphatic heterocycles. The minimum Gasteiger partial charge on any atom is -0.345 e. The zero-order valence-electron chi connectivity index (χ0n) is 19.1. The maximum absolute atomic E-state index is 12.3. The number of rotatable bonds is 17. The third kappa shape index (κ3) is 17.3. The van der Waals surface area contributed by atoms with Gasteiger partial charge in [-0.2, -0.15) is 0 Å². The molecule has 0 aromatic heterocycles. The molecule has 0 aromatic carbocycles. The minimum absolute atomic E-state index is 0.0213. The topological polar surface area (TPSA) is 46.2 Å². The van der Waals surface area contributed by atoms with Gasteiger partial charge in [0.1, 0.15) is 0 Å². The lowest BCUT2D eigenvalue weighted by Crippen LogP contribution is -2.43. The van der Waals surface area contributed by atoms with Crippen LogP contribution in [0, 0.1) is 0 Å². The molecule has 1 N–H and O–H groups in total. The number of hydrogen-bond donors (Lipinski definition) is 1. The highest BCUT2D eigenvalue weighted by molar-refractivity contribution is 8.00. The van der Waals surface area contributed by atoms with Gasteiger partial charge in [-0.15, -0.1) is 11.8 Å². The first kappa shape index (κ1) is 28.7. The lowest BCUT2D eigenvalue weighted by atomic mass is 10.1. The summed E-state index contributed by atoms with van der Waals surface area (Å²) in [6.45, 7) is 11.8. The van der Waals surface area contributed by atoms with Gasteiger partial charge in [0.25, 0.3) is 0 Å². The molecular weight excluding hydrogens is 354 g/mol. The predicted molar refractivity (Wildman–Crippen MR) is 123 cm³/mol. The summed E-state index contributed by atoms with van der Waals surface area (Å²) in [5.74, 6) is 1.12. The van der Waals surface area contributed by atoms with Gasteiger partial charge >= 0.3 is 0 Å². The molecule has 0 spiro atoms. The fraction of sp³-hybridized carbons (Fsp3) is 0.913. The Labute approximate surface area is 174 Å². The van der Waals surface area contributed by atoms with Gasteiger partial charge in [0.15, 0.2) is 5.78 Å². The van der Waals surface area contributed by atoms with Crippen LogP contribution in [0.5, 0.6) is 0 Å². The lowest BCUT2D eigenvalue weighted by molar-refractivity contribution is -0.126. The van der Waals surface area contributed by atoms with Gasteiger partial charge in [0, 0.05) is 0 Å². The smallest absolute Gasteiger partial charge is 0.233 e. The quantitative estimate of drug-likeness (QED) is 0.269. The fourth-order valence-corrected chi connectivity index (χ4v) is 4.06. The van der Waals surface area contributed by atoms with E-state index in [9.17, 15) is 9.59 Å². The Morgan fingerprint density at radius 2 is 1.26 bits per heavy atom. The molecule has 0 fully saturated rings. The van der Waals surface area contributed by atoms with Gasteiger partial charge in [-0.1, -0.05) is 92.4 Å². The van der Waals surface area contributed by atoms with Crippen molar-refractivity contribution in [1.29, 1.82) is 0 Å². The van der Waals surface area contributed by atoms with Gasteiger partial charge < -0.3 is 5.32 Å². The number of unbranched alkanes of at least 4 members (excludes halogenated alkanes) is 9. The van der Waals surface area contributed by atoms with Crippen molar-refractivity contribution in [2.75, 3.05) is 5.75 Å². The molecule has 0 aliphatic rings. The molecule has 4 heteroatoms. The van der Waals surface area contributed by atoms with Gasteiger partial charge in [-0.05, 0) is 31.9 Å². The molecule has 1 amide bonds. The van der Waals surface area contributed by atoms with E-state index in [1.807, 2.05) is 27.7 Å². The Bertz CT molecular complexity index is 347. The SMILES string of the molecule is CC.CCCCCCCCCCCCSC(CC)C(=O)NC(CC)C(C)=O. The van der Waals surface area contributed by atoms with Crippen LogP contribution in [0.4, 0.5) is 0 Å². The summed E-state index contributed by atoms with van der Waals surface area (Å²) < 4.78 is 0. The molecule has 0 bridgehead atoms. The average Bonchev–Trinajstić information content (AvgIpc) is 2.68. The molecule has 0 radical (unpaired) electrons. The Balaban J connectivity index is 0. The first-order valence-electron chi connectivity index (χ1n) is 11.5. The largest absolute Gasteiger partial charge is 0.345 e. The molecular formula is C23H47NO2S. The van der Waals surface area contributed by atoms with Crippen LogP contribution in [0.25, 0.3) is 0 Å². The van der Waals surface area contributed by atoms with Crippen LogP contribution in [0.15, 0.2) is 0 Å². The van der Waals surface area contributed by atoms with E-state index in [1.54, 1.807) is 18.7 Å². The van der Waals surface area contributed by atoms with E-state index >= 15 is 0 Å². The summed E-state index contributed by atoms with van der Waals surface area (Å²) in [5, 5.41) is 2.88. The van der Waals surface area contributed by atoms with Crippen LogP contribution in [-0.2, 0) is 9.59 Å². The van der Waals surface area contributed by atoms with Crippen LogP contribution >= 0.6 is 11.8 Å². The Hall–Kier alpha value is -0.510. The van der Waals surface area contributed by atoms with Crippen LogP contribution in [0.3, 0.4) is 0 Å². The van der Waals surface area contributed by atoms with E-state index in [0.29, 0.717) is 6.42 Å². The minimum atomic E-state index is -0.320. The molecule has 3 nitrogen and oxygen atoms in total. The molecule has 0 aliphatic carbocycles. The summed E-state index contributed by atoms with van der Waals surface area (Å²) >= 11 is 1.75. The molecule has 2 unspecified atom stereocenters. The van der Waals surface area contributed by atoms with Crippen molar-refractivity contribution < 1.29 is 9.59 Å². The van der Waals surface area contributed by atoms with Gasteiger partial charge in [0.2, 0.25) is 5.91 Å². The number of nitrogens with one attached hydrogen (secondary N) is 1. The first-order valence-corrected chi connectivity index (χ1v) is 12.5. The van der Waals surface area contributed by atoms with Crippen LogP contribution in [0.1, 0.15) is 119 Å². The second-order valence-corrected chi connectivity index (χ2v) is 8.34. The first-order chi connectivity index (χ1) is 13.1. The van der Waals surface area contributed by atoms with E-state index in [2.05, 4.69) is 12.2 Å². The molecule has 162 valence electrons. The molecule has 2 atom stereocenters. The zero-order valence-corrected chi connectivity index (χ0v) is 19.9. The number of amides is 1. The third-order valence-corrected chi connectivity index (χ3v) is 6.17. The maximum Gasteiger partial charge on any atom is 0.233 e. The van der Waals surface area contributed by atoms with Crippen molar-refractivity contribution >= 4 is 23.5 Å². The summed E-state index contributed by atoms with van der Waals surface area (Å²) in [5.41, 5.74) is 0. The number of Topliss-reactive ketones (excluding diaryl/α,β-unsaturated/α-hetero) is 1. The molecule has 0 rings (SSSR count). The second-order valence-electron chi connectivity index (χ2n) is 7.03. The van der Waals surface area contributed by atoms with E-state index in [4.69, 9.17) is 0 Å². The normalized spacial score (nSPS) is 12.7.